The lowest BCUT2D eigenvalue weighted by molar-refractivity contribution is 0.100. The van der Waals surface area contributed by atoms with Crippen molar-refractivity contribution in [2.45, 2.75) is 26.3 Å². The van der Waals surface area contributed by atoms with Crippen LogP contribution in [-0.4, -0.2) is 52.8 Å². The van der Waals surface area contributed by atoms with Crippen LogP contribution in [0.5, 0.6) is 0 Å². The minimum atomic E-state index is -0.487. The molecule has 1 saturated heterocycles. The Labute approximate surface area is 153 Å². The van der Waals surface area contributed by atoms with Crippen molar-refractivity contribution in [2.75, 3.05) is 23.4 Å². The summed E-state index contributed by atoms with van der Waals surface area (Å²) in [6.45, 7) is 5.57. The summed E-state index contributed by atoms with van der Waals surface area (Å²) in [6, 6.07) is 5.35. The Kier molecular flexibility index (Phi) is 5.05. The second kappa shape index (κ2) is 7.26. The molecule has 0 aliphatic carbocycles. The number of carbonyl (C=O) groups is 1. The molecule has 9 nitrogen and oxygen atoms in total. The summed E-state index contributed by atoms with van der Waals surface area (Å²) in [5.41, 5.74) is 7.43. The first-order chi connectivity index (χ1) is 12.3. The number of carbonyl (C=O) groups excluding carboxylic acids is 1. The molecule has 2 aromatic rings. The van der Waals surface area contributed by atoms with Gasteiger partial charge in [-0.1, -0.05) is 6.07 Å². The van der Waals surface area contributed by atoms with Crippen LogP contribution in [0.25, 0.3) is 0 Å². The van der Waals surface area contributed by atoms with E-state index in [2.05, 4.69) is 33.1 Å². The van der Waals surface area contributed by atoms with Gasteiger partial charge < -0.3 is 15.9 Å². The molecular weight excluding hydrogens is 331 g/mol. The molecule has 136 valence electrons. The van der Waals surface area contributed by atoms with E-state index in [0.29, 0.717) is 29.0 Å². The number of nitrogens with one attached hydrogen (secondary N) is 1. The van der Waals surface area contributed by atoms with Crippen LogP contribution in [-0.2, 0) is 0 Å². The fraction of sp³-hybridized carbons (Fsp3) is 0.375. The summed E-state index contributed by atoms with van der Waals surface area (Å²) in [7, 11) is 2.06. The first-order valence-electron chi connectivity index (χ1n) is 8.46. The molecule has 1 aliphatic rings. The van der Waals surface area contributed by atoms with Crippen molar-refractivity contribution >= 4 is 31.5 Å². The van der Waals surface area contributed by atoms with Gasteiger partial charge in [0.25, 0.3) is 0 Å². The van der Waals surface area contributed by atoms with Crippen LogP contribution < -0.4 is 21.9 Å². The predicted molar refractivity (Wildman–Crippen MR) is 103 cm³/mol. The topological polar surface area (TPSA) is 126 Å². The highest BCUT2D eigenvalue weighted by atomic mass is 16.1. The number of nitrogens with zero attached hydrogens (tertiary/aromatic N) is 5. The summed E-state index contributed by atoms with van der Waals surface area (Å²) in [4.78, 5) is 26.8. The number of primary amides is 1. The minimum absolute atomic E-state index is 0.162. The van der Waals surface area contributed by atoms with E-state index in [1.165, 1.54) is 0 Å². The average molecular weight is 354 g/mol. The second-order valence-electron chi connectivity index (χ2n) is 6.64. The molecular formula is C16H23BN8O. The summed E-state index contributed by atoms with van der Waals surface area (Å²) in [6.07, 6.45) is 0.959. The summed E-state index contributed by atoms with van der Waals surface area (Å²) in [5, 5.41) is 4.75. The third kappa shape index (κ3) is 3.92. The van der Waals surface area contributed by atoms with E-state index in [0.717, 1.165) is 25.1 Å². The molecule has 5 N–H and O–H groups in total. The van der Waals surface area contributed by atoms with Gasteiger partial charge in [0.2, 0.25) is 17.8 Å². The number of rotatable bonds is 5. The highest BCUT2D eigenvalue weighted by Gasteiger charge is 2.26. The van der Waals surface area contributed by atoms with Crippen LogP contribution >= 0.6 is 0 Å². The van der Waals surface area contributed by atoms with Crippen LogP contribution in [0, 0.1) is 13.8 Å². The molecule has 1 amide bonds. The predicted octanol–water partition coefficient (Wildman–Crippen LogP) is -0.367. The van der Waals surface area contributed by atoms with E-state index in [1.807, 2.05) is 13.0 Å². The van der Waals surface area contributed by atoms with Gasteiger partial charge in [-0.3, -0.25) is 9.80 Å². The van der Waals surface area contributed by atoms with Gasteiger partial charge in [0.1, 0.15) is 5.82 Å². The lowest BCUT2D eigenvalue weighted by Gasteiger charge is -2.24. The second-order valence-corrected chi connectivity index (χ2v) is 6.64. The Balaban J connectivity index is 1.86. The Morgan fingerprint density at radius 2 is 2.12 bits per heavy atom. The fourth-order valence-corrected chi connectivity index (χ4v) is 2.97. The molecule has 26 heavy (non-hydrogen) atoms. The largest absolute Gasteiger partial charge is 0.366 e. The van der Waals surface area contributed by atoms with Crippen LogP contribution in [0.2, 0.25) is 0 Å². The smallest absolute Gasteiger partial charge is 0.248 e. The summed E-state index contributed by atoms with van der Waals surface area (Å²) in [5.74, 6) is 7.12. The van der Waals surface area contributed by atoms with Crippen molar-refractivity contribution in [3.63, 3.8) is 0 Å². The monoisotopic (exact) mass is 354 g/mol. The molecule has 10 heteroatoms. The lowest BCUT2D eigenvalue weighted by Crippen LogP contribution is -2.44. The van der Waals surface area contributed by atoms with Gasteiger partial charge in [-0.25, -0.2) is 5.84 Å². The van der Waals surface area contributed by atoms with E-state index in [4.69, 9.17) is 11.6 Å². The number of aryl methyl sites for hydroxylation is 2. The highest BCUT2D eigenvalue weighted by Crippen LogP contribution is 2.22. The van der Waals surface area contributed by atoms with Gasteiger partial charge >= 0.3 is 0 Å². The van der Waals surface area contributed by atoms with Crippen LogP contribution in [0.1, 0.15) is 28.2 Å². The van der Waals surface area contributed by atoms with Gasteiger partial charge in [-0.2, -0.15) is 15.0 Å². The van der Waals surface area contributed by atoms with Crippen molar-refractivity contribution in [1.82, 2.24) is 19.8 Å². The van der Waals surface area contributed by atoms with E-state index in [-0.39, 0.29) is 6.04 Å². The van der Waals surface area contributed by atoms with Crippen LogP contribution in [0.4, 0.5) is 17.6 Å². The van der Waals surface area contributed by atoms with Gasteiger partial charge in [-0.15, -0.1) is 0 Å². The lowest BCUT2D eigenvalue weighted by atomic mass is 10.1. The summed E-state index contributed by atoms with van der Waals surface area (Å²) < 4.78 is 0. The quantitative estimate of drug-likeness (QED) is 0.377. The molecule has 3 rings (SSSR count). The molecule has 1 aliphatic heterocycles. The number of nitrogens with two attached hydrogens (primary N) is 2. The maximum Gasteiger partial charge on any atom is 0.248 e. The number of hydrogen-bond acceptors (Lipinski definition) is 8. The van der Waals surface area contributed by atoms with E-state index < -0.39 is 5.91 Å². The maximum absolute atomic E-state index is 11.4. The number of hydrogen-bond donors (Lipinski definition) is 3. The fourth-order valence-electron chi connectivity index (χ4n) is 2.97. The van der Waals surface area contributed by atoms with E-state index in [9.17, 15) is 4.79 Å². The normalized spacial score (nSPS) is 17.3. The van der Waals surface area contributed by atoms with Gasteiger partial charge in [0, 0.05) is 17.8 Å². The number of amides is 1. The molecule has 1 atom stereocenters. The first-order valence-corrected chi connectivity index (χ1v) is 8.46. The Bertz CT molecular complexity index is 830. The number of benzene rings is 1. The third-order valence-electron chi connectivity index (χ3n) is 4.49. The summed E-state index contributed by atoms with van der Waals surface area (Å²) >= 11 is 0. The number of anilines is 3. The molecule has 1 aromatic carbocycles. The number of hydrazine groups is 1. The molecule has 0 unspecified atom stereocenters. The number of aromatic nitrogens is 3. The van der Waals surface area contributed by atoms with Gasteiger partial charge in [0.15, 0.2) is 7.98 Å². The molecule has 1 aromatic heterocycles. The van der Waals surface area contributed by atoms with Gasteiger partial charge in [0.05, 0.1) is 6.04 Å². The van der Waals surface area contributed by atoms with Crippen LogP contribution in [0.15, 0.2) is 18.2 Å². The van der Waals surface area contributed by atoms with Crippen molar-refractivity contribution < 1.29 is 4.79 Å². The first kappa shape index (κ1) is 18.1. The zero-order chi connectivity index (χ0) is 18.8. The SMILES string of the molecule is BN1CC[C@@H](N(N)c2nc(C)nc(Nc3cc(C(N)=O)ccc3C)n2)C1. The van der Waals surface area contributed by atoms with Crippen molar-refractivity contribution in [3.8, 4) is 0 Å². The van der Waals surface area contributed by atoms with Crippen LogP contribution in [0.3, 0.4) is 0 Å². The molecule has 2 heterocycles. The molecule has 0 spiro atoms. The molecule has 0 radical (unpaired) electrons. The van der Waals surface area contributed by atoms with Gasteiger partial charge in [-0.05, 0) is 44.5 Å². The Morgan fingerprint density at radius 3 is 2.77 bits per heavy atom. The van der Waals surface area contributed by atoms with Crippen molar-refractivity contribution in [1.29, 1.82) is 0 Å². The highest BCUT2D eigenvalue weighted by molar-refractivity contribution is 6.04. The zero-order valence-electron chi connectivity index (χ0n) is 15.2. The molecule has 0 bridgehead atoms. The maximum atomic E-state index is 11.4. The Hall–Kier alpha value is -2.72. The molecule has 0 saturated carbocycles. The Morgan fingerprint density at radius 1 is 1.35 bits per heavy atom. The standard InChI is InChI=1S/C16H23BN8O/c1-9-3-4-11(14(18)26)7-13(9)22-15-20-10(2)21-16(23-15)25(19)12-5-6-24(17)8-12/h3-4,7,12H,5-6,8,17,19H2,1-2H3,(H2,18,26)(H,20,21,22,23)/t12-/m1/s1. The average Bonchev–Trinajstić information content (AvgIpc) is 3.02. The minimum Gasteiger partial charge on any atom is -0.366 e. The zero-order valence-corrected chi connectivity index (χ0v) is 15.2. The third-order valence-corrected chi connectivity index (χ3v) is 4.49. The molecule has 1 fully saturated rings. The van der Waals surface area contributed by atoms with Crippen molar-refractivity contribution in [3.05, 3.63) is 35.2 Å². The van der Waals surface area contributed by atoms with Crippen molar-refractivity contribution in [2.24, 2.45) is 11.6 Å². The van der Waals surface area contributed by atoms with E-state index in [1.54, 1.807) is 24.1 Å². The van der Waals surface area contributed by atoms with E-state index >= 15 is 0 Å².